The lowest BCUT2D eigenvalue weighted by atomic mass is 10.1. The van der Waals surface area contributed by atoms with Crippen LogP contribution in [0.5, 0.6) is 5.75 Å². The van der Waals surface area contributed by atoms with Crippen molar-refractivity contribution in [3.8, 4) is 17.0 Å². The van der Waals surface area contributed by atoms with E-state index in [-0.39, 0.29) is 24.2 Å². The van der Waals surface area contributed by atoms with E-state index in [2.05, 4.69) is 20.0 Å². The minimum Gasteiger partial charge on any atom is -0.404 e. The zero-order valence-electron chi connectivity index (χ0n) is 20.0. The summed E-state index contributed by atoms with van der Waals surface area (Å²) in [5.74, 6) is -1.54. The van der Waals surface area contributed by atoms with E-state index in [0.29, 0.717) is 37.7 Å². The predicted molar refractivity (Wildman–Crippen MR) is 129 cm³/mol. The summed E-state index contributed by atoms with van der Waals surface area (Å²) in [7, 11) is 0. The first-order valence-electron chi connectivity index (χ1n) is 11.6. The number of Topliss-reactive ketones (excluding diaryl/α,β-unsaturated/α-hetero) is 1. The van der Waals surface area contributed by atoms with Crippen LogP contribution >= 0.6 is 0 Å². The van der Waals surface area contributed by atoms with Crippen molar-refractivity contribution in [2.45, 2.75) is 19.7 Å². The van der Waals surface area contributed by atoms with Crippen molar-refractivity contribution in [2.24, 2.45) is 0 Å². The molecule has 0 radical (unpaired) electrons. The Morgan fingerprint density at radius 2 is 1.86 bits per heavy atom. The summed E-state index contributed by atoms with van der Waals surface area (Å²) >= 11 is 0. The number of amides is 1. The highest BCUT2D eigenvalue weighted by Crippen LogP contribution is 2.31. The number of anilines is 1. The zero-order valence-corrected chi connectivity index (χ0v) is 20.0. The fourth-order valence-corrected chi connectivity index (χ4v) is 3.83. The van der Waals surface area contributed by atoms with Gasteiger partial charge in [-0.15, -0.1) is 13.2 Å². The second-order valence-corrected chi connectivity index (χ2v) is 8.56. The van der Waals surface area contributed by atoms with Crippen LogP contribution in [0.1, 0.15) is 21.6 Å². The molecule has 0 saturated carbocycles. The Hall–Kier alpha value is -3.83. The Bertz CT molecular complexity index is 1260. The van der Waals surface area contributed by atoms with Crippen LogP contribution in [0.3, 0.4) is 0 Å². The summed E-state index contributed by atoms with van der Waals surface area (Å²) in [6.45, 7) is 3.93. The quantitative estimate of drug-likeness (QED) is 0.454. The number of alkyl halides is 3. The summed E-state index contributed by atoms with van der Waals surface area (Å²) in [4.78, 5) is 35.9. The number of benzene rings is 2. The third kappa shape index (κ3) is 7.58. The second-order valence-electron chi connectivity index (χ2n) is 8.56. The Kier molecular flexibility index (Phi) is 8.14. The van der Waals surface area contributed by atoms with Gasteiger partial charge in [0.25, 0.3) is 0 Å². The molecule has 8 nitrogen and oxygen atoms in total. The zero-order chi connectivity index (χ0) is 26.4. The van der Waals surface area contributed by atoms with Crippen LogP contribution in [0, 0.1) is 6.92 Å². The summed E-state index contributed by atoms with van der Waals surface area (Å²) < 4.78 is 48.0. The fraction of sp³-hybridized carbons (Fsp3) is 0.308. The first-order chi connectivity index (χ1) is 17.7. The van der Waals surface area contributed by atoms with Crippen LogP contribution in [-0.4, -0.2) is 65.8 Å². The average Bonchev–Trinajstić information content (AvgIpc) is 2.85. The van der Waals surface area contributed by atoms with Gasteiger partial charge >= 0.3 is 6.36 Å². The Balaban J connectivity index is 1.48. The standard InChI is InChI=1S/C26H25F3N4O4/c1-17-3-2-4-18(11-17)22-15-30-20(14-31-22)13-23(34)19-5-6-24(37-26(27,28)29)21(12-19)32-25(35)16-33-7-9-36-10-8-33/h2-6,11-12,14-15H,7-10,13,16H2,1H3,(H,32,35). The lowest BCUT2D eigenvalue weighted by Crippen LogP contribution is -2.41. The van der Waals surface area contributed by atoms with Crippen LogP contribution in [0.4, 0.5) is 18.9 Å². The van der Waals surface area contributed by atoms with Crippen LogP contribution in [0.2, 0.25) is 0 Å². The predicted octanol–water partition coefficient (Wildman–Crippen LogP) is 4.05. The van der Waals surface area contributed by atoms with Crippen LogP contribution < -0.4 is 10.1 Å². The molecule has 0 aliphatic carbocycles. The van der Waals surface area contributed by atoms with Crippen molar-refractivity contribution in [1.82, 2.24) is 14.9 Å². The van der Waals surface area contributed by atoms with Gasteiger partial charge in [0.05, 0.1) is 49.5 Å². The molecule has 1 fully saturated rings. The Morgan fingerprint density at radius 3 is 2.54 bits per heavy atom. The maximum absolute atomic E-state index is 12.9. The van der Waals surface area contributed by atoms with E-state index in [1.807, 2.05) is 36.1 Å². The number of hydrogen-bond donors (Lipinski definition) is 1. The highest BCUT2D eigenvalue weighted by atomic mass is 19.4. The lowest BCUT2D eigenvalue weighted by Gasteiger charge is -2.26. The van der Waals surface area contributed by atoms with Crippen molar-refractivity contribution in [2.75, 3.05) is 38.2 Å². The summed E-state index contributed by atoms with van der Waals surface area (Å²) in [5.41, 5.74) is 2.87. The van der Waals surface area contributed by atoms with E-state index >= 15 is 0 Å². The average molecular weight is 515 g/mol. The van der Waals surface area contributed by atoms with Gasteiger partial charge in [0.15, 0.2) is 11.5 Å². The minimum atomic E-state index is -4.97. The molecule has 3 aromatic rings. The number of nitrogens with one attached hydrogen (secondary N) is 1. The molecule has 2 aromatic carbocycles. The van der Waals surface area contributed by atoms with Gasteiger partial charge in [0.1, 0.15) is 0 Å². The van der Waals surface area contributed by atoms with Crippen molar-refractivity contribution in [3.63, 3.8) is 0 Å². The normalized spacial score (nSPS) is 14.3. The molecule has 0 atom stereocenters. The number of carbonyl (C=O) groups is 2. The molecule has 1 aromatic heterocycles. The van der Waals surface area contributed by atoms with Crippen molar-refractivity contribution >= 4 is 17.4 Å². The first kappa shape index (κ1) is 26.2. The maximum Gasteiger partial charge on any atom is 0.573 e. The SMILES string of the molecule is Cc1cccc(-c2cnc(CC(=O)c3ccc(OC(F)(F)F)c(NC(=O)CN4CCOCC4)c3)cn2)c1. The molecular weight excluding hydrogens is 489 g/mol. The number of morpholine rings is 1. The molecule has 1 saturated heterocycles. The first-order valence-corrected chi connectivity index (χ1v) is 11.6. The molecule has 0 spiro atoms. The molecular formula is C26H25F3N4O4. The number of hydrogen-bond acceptors (Lipinski definition) is 7. The number of rotatable bonds is 8. The van der Waals surface area contributed by atoms with Crippen molar-refractivity contribution in [1.29, 1.82) is 0 Å². The van der Waals surface area contributed by atoms with Gasteiger partial charge in [-0.3, -0.25) is 24.5 Å². The van der Waals surface area contributed by atoms with E-state index in [1.54, 1.807) is 6.20 Å². The van der Waals surface area contributed by atoms with E-state index in [1.165, 1.54) is 18.3 Å². The number of nitrogens with zero attached hydrogens (tertiary/aromatic N) is 3. The molecule has 1 amide bonds. The maximum atomic E-state index is 12.9. The van der Waals surface area contributed by atoms with Gasteiger partial charge in [-0.05, 0) is 31.2 Å². The Morgan fingerprint density at radius 1 is 1.08 bits per heavy atom. The number of ketones is 1. The highest BCUT2D eigenvalue weighted by Gasteiger charge is 2.32. The third-order valence-corrected chi connectivity index (χ3v) is 5.63. The molecule has 1 aliphatic rings. The highest BCUT2D eigenvalue weighted by molar-refractivity contribution is 6.00. The van der Waals surface area contributed by atoms with Crippen LogP contribution in [-0.2, 0) is 16.0 Å². The van der Waals surface area contributed by atoms with Gasteiger partial charge in [0.2, 0.25) is 5.91 Å². The summed E-state index contributed by atoms with van der Waals surface area (Å²) in [6.07, 6.45) is -2.04. The topological polar surface area (TPSA) is 93.6 Å². The minimum absolute atomic E-state index is 0.0319. The van der Waals surface area contributed by atoms with E-state index in [9.17, 15) is 22.8 Å². The number of carbonyl (C=O) groups excluding carboxylic acids is 2. The van der Waals surface area contributed by atoms with Crippen LogP contribution in [0.15, 0.2) is 54.9 Å². The van der Waals surface area contributed by atoms with Gasteiger partial charge < -0.3 is 14.8 Å². The molecule has 37 heavy (non-hydrogen) atoms. The van der Waals surface area contributed by atoms with E-state index < -0.39 is 23.8 Å². The molecule has 0 bridgehead atoms. The molecule has 4 rings (SSSR count). The largest absolute Gasteiger partial charge is 0.573 e. The molecule has 1 aliphatic heterocycles. The van der Waals surface area contributed by atoms with Gasteiger partial charge in [0, 0.05) is 30.4 Å². The number of aryl methyl sites for hydroxylation is 1. The molecule has 194 valence electrons. The number of ether oxygens (including phenoxy) is 2. The molecule has 1 N–H and O–H groups in total. The van der Waals surface area contributed by atoms with Gasteiger partial charge in [-0.2, -0.15) is 0 Å². The lowest BCUT2D eigenvalue weighted by molar-refractivity contribution is -0.274. The second kappa shape index (κ2) is 11.5. The van der Waals surface area contributed by atoms with Gasteiger partial charge in [-0.25, -0.2) is 0 Å². The molecule has 11 heteroatoms. The van der Waals surface area contributed by atoms with Crippen molar-refractivity contribution in [3.05, 3.63) is 71.7 Å². The summed E-state index contributed by atoms with van der Waals surface area (Å²) in [5, 5.41) is 2.44. The van der Waals surface area contributed by atoms with Gasteiger partial charge in [-0.1, -0.05) is 23.8 Å². The van der Waals surface area contributed by atoms with Crippen molar-refractivity contribution < 1.29 is 32.2 Å². The Labute approximate surface area is 211 Å². The fourth-order valence-electron chi connectivity index (χ4n) is 3.83. The molecule has 0 unspecified atom stereocenters. The monoisotopic (exact) mass is 514 g/mol. The van der Waals surface area contributed by atoms with E-state index in [0.717, 1.165) is 17.2 Å². The third-order valence-electron chi connectivity index (χ3n) is 5.63. The molecule has 2 heterocycles. The smallest absolute Gasteiger partial charge is 0.404 e. The van der Waals surface area contributed by atoms with Crippen LogP contribution in [0.25, 0.3) is 11.3 Å². The number of aromatic nitrogens is 2. The number of halogens is 3. The van der Waals surface area contributed by atoms with E-state index in [4.69, 9.17) is 4.74 Å². The summed E-state index contributed by atoms with van der Waals surface area (Å²) in [6, 6.07) is 11.2.